The van der Waals surface area contributed by atoms with Gasteiger partial charge in [-0.3, -0.25) is 9.59 Å². The average molecular weight is 429 g/mol. The van der Waals surface area contributed by atoms with Crippen LogP contribution in [0.3, 0.4) is 0 Å². The van der Waals surface area contributed by atoms with Crippen LogP contribution in [0.15, 0.2) is 66.9 Å². The smallest absolute Gasteiger partial charge is 0.259 e. The molecule has 6 nitrogen and oxygen atoms in total. The van der Waals surface area contributed by atoms with Crippen molar-refractivity contribution in [1.29, 1.82) is 0 Å². The monoisotopic (exact) mass is 428 g/mol. The summed E-state index contributed by atoms with van der Waals surface area (Å²) in [7, 11) is 0. The fourth-order valence-corrected chi connectivity index (χ4v) is 4.09. The summed E-state index contributed by atoms with van der Waals surface area (Å²) in [6.07, 6.45) is 4.74. The number of rotatable bonds is 6. The summed E-state index contributed by atoms with van der Waals surface area (Å²) in [5.41, 5.74) is 3.02. The molecular formula is C26H28N4O2. The highest BCUT2D eigenvalue weighted by atomic mass is 16.2. The van der Waals surface area contributed by atoms with Gasteiger partial charge in [0, 0.05) is 37.3 Å². The lowest BCUT2D eigenvalue weighted by atomic mass is 9.96. The molecule has 1 saturated heterocycles. The molecule has 0 bridgehead atoms. The number of carbonyl (C=O) groups excluding carboxylic acids is 2. The van der Waals surface area contributed by atoms with E-state index in [9.17, 15) is 9.59 Å². The van der Waals surface area contributed by atoms with Crippen LogP contribution in [0.2, 0.25) is 0 Å². The fourth-order valence-electron chi connectivity index (χ4n) is 4.09. The molecule has 1 aliphatic rings. The first kappa shape index (κ1) is 21.7. The van der Waals surface area contributed by atoms with E-state index in [1.165, 1.54) is 5.56 Å². The van der Waals surface area contributed by atoms with Crippen LogP contribution in [-0.4, -0.2) is 39.8 Å². The zero-order valence-corrected chi connectivity index (χ0v) is 18.3. The first-order chi connectivity index (χ1) is 15.6. The second-order valence-corrected chi connectivity index (χ2v) is 8.21. The lowest BCUT2D eigenvalue weighted by Gasteiger charge is -2.32. The van der Waals surface area contributed by atoms with Crippen molar-refractivity contribution in [3.05, 3.63) is 89.5 Å². The predicted molar refractivity (Wildman–Crippen MR) is 124 cm³/mol. The van der Waals surface area contributed by atoms with Crippen LogP contribution in [0.4, 0.5) is 5.69 Å². The van der Waals surface area contributed by atoms with Crippen LogP contribution >= 0.6 is 0 Å². The van der Waals surface area contributed by atoms with E-state index in [1.807, 2.05) is 60.4 Å². The molecule has 1 aromatic heterocycles. The highest BCUT2D eigenvalue weighted by Crippen LogP contribution is 2.26. The molecule has 1 aliphatic heterocycles. The first-order valence-electron chi connectivity index (χ1n) is 11.1. The van der Waals surface area contributed by atoms with Crippen molar-refractivity contribution >= 4 is 17.5 Å². The number of aromatic nitrogens is 2. The van der Waals surface area contributed by atoms with Gasteiger partial charge in [0.2, 0.25) is 5.91 Å². The van der Waals surface area contributed by atoms with E-state index in [0.717, 1.165) is 31.5 Å². The van der Waals surface area contributed by atoms with E-state index in [4.69, 9.17) is 0 Å². The fraction of sp³-hybridized carbons (Fsp3) is 0.308. The quantitative estimate of drug-likeness (QED) is 0.632. The van der Waals surface area contributed by atoms with Crippen LogP contribution in [0.25, 0.3) is 0 Å². The average Bonchev–Trinajstić information content (AvgIpc) is 2.83. The minimum Gasteiger partial charge on any atom is -0.342 e. The van der Waals surface area contributed by atoms with Crippen molar-refractivity contribution in [3.8, 4) is 0 Å². The topological polar surface area (TPSA) is 75.2 Å². The van der Waals surface area contributed by atoms with Gasteiger partial charge in [-0.1, -0.05) is 48.5 Å². The summed E-state index contributed by atoms with van der Waals surface area (Å²) in [4.78, 5) is 36.4. The molecule has 3 aromatic rings. The summed E-state index contributed by atoms with van der Waals surface area (Å²) in [5, 5.41) is 2.88. The van der Waals surface area contributed by atoms with Crippen molar-refractivity contribution in [3.63, 3.8) is 0 Å². The summed E-state index contributed by atoms with van der Waals surface area (Å²) < 4.78 is 0. The highest BCUT2D eigenvalue weighted by Gasteiger charge is 2.27. The number of carbonyl (C=O) groups is 2. The number of para-hydroxylation sites is 1. The molecule has 1 unspecified atom stereocenters. The maximum Gasteiger partial charge on any atom is 0.259 e. The van der Waals surface area contributed by atoms with Gasteiger partial charge in [0.05, 0.1) is 11.3 Å². The summed E-state index contributed by atoms with van der Waals surface area (Å²) >= 11 is 0. The van der Waals surface area contributed by atoms with E-state index in [0.29, 0.717) is 30.0 Å². The van der Waals surface area contributed by atoms with E-state index in [-0.39, 0.29) is 17.7 Å². The van der Waals surface area contributed by atoms with Gasteiger partial charge in [0.15, 0.2) is 0 Å². The lowest BCUT2D eigenvalue weighted by molar-refractivity contribution is -0.132. The van der Waals surface area contributed by atoms with Crippen molar-refractivity contribution in [2.45, 2.75) is 38.5 Å². The van der Waals surface area contributed by atoms with E-state index < -0.39 is 0 Å². The number of benzene rings is 2. The normalized spacial score (nSPS) is 15.9. The van der Waals surface area contributed by atoms with Gasteiger partial charge in [0.1, 0.15) is 5.82 Å². The first-order valence-corrected chi connectivity index (χ1v) is 11.1. The molecule has 2 amide bonds. The number of hydrogen-bond donors (Lipinski definition) is 1. The molecule has 6 heteroatoms. The molecule has 1 atom stereocenters. The van der Waals surface area contributed by atoms with Crippen LogP contribution in [-0.2, 0) is 11.2 Å². The van der Waals surface area contributed by atoms with Crippen LogP contribution < -0.4 is 5.32 Å². The third kappa shape index (κ3) is 5.38. The molecule has 0 spiro atoms. The minimum atomic E-state index is -0.221. The number of nitrogens with one attached hydrogen (secondary N) is 1. The Hall–Kier alpha value is -3.54. The molecule has 0 radical (unpaired) electrons. The molecule has 0 saturated carbocycles. The third-order valence-electron chi connectivity index (χ3n) is 5.88. The standard InChI is InChI=1S/C26H28N4O2/c1-19-23(26(32)29-22-12-6-3-7-13-22)17-27-25(28-19)21-11-8-16-30(18-21)24(31)15-14-20-9-4-2-5-10-20/h2-7,9-10,12-13,17,21H,8,11,14-16,18H2,1H3,(H,29,32). The number of hydrogen-bond acceptors (Lipinski definition) is 4. The molecule has 4 rings (SSSR count). The molecule has 2 heterocycles. The zero-order valence-electron chi connectivity index (χ0n) is 18.3. The highest BCUT2D eigenvalue weighted by molar-refractivity contribution is 6.04. The molecular weight excluding hydrogens is 400 g/mol. The predicted octanol–water partition coefficient (Wildman–Crippen LogP) is 4.38. The Bertz CT molecular complexity index is 1070. The van der Waals surface area contributed by atoms with E-state index in [2.05, 4.69) is 27.4 Å². The molecule has 2 aromatic carbocycles. The second kappa shape index (κ2) is 10.2. The molecule has 32 heavy (non-hydrogen) atoms. The zero-order chi connectivity index (χ0) is 22.3. The number of nitrogens with zero attached hydrogens (tertiary/aromatic N) is 3. The maximum atomic E-state index is 12.8. The Morgan fingerprint density at radius 3 is 2.50 bits per heavy atom. The Morgan fingerprint density at radius 1 is 1.06 bits per heavy atom. The van der Waals surface area contributed by atoms with Gasteiger partial charge < -0.3 is 10.2 Å². The number of amides is 2. The van der Waals surface area contributed by atoms with E-state index in [1.54, 1.807) is 6.20 Å². The van der Waals surface area contributed by atoms with Crippen LogP contribution in [0.5, 0.6) is 0 Å². The van der Waals surface area contributed by atoms with Gasteiger partial charge >= 0.3 is 0 Å². The van der Waals surface area contributed by atoms with Crippen molar-refractivity contribution in [1.82, 2.24) is 14.9 Å². The molecule has 1 N–H and O–H groups in total. The largest absolute Gasteiger partial charge is 0.342 e. The Morgan fingerprint density at radius 2 is 1.78 bits per heavy atom. The number of anilines is 1. The lowest BCUT2D eigenvalue weighted by Crippen LogP contribution is -2.39. The molecule has 0 aliphatic carbocycles. The van der Waals surface area contributed by atoms with Gasteiger partial charge in [-0.25, -0.2) is 9.97 Å². The van der Waals surface area contributed by atoms with Crippen molar-refractivity contribution in [2.24, 2.45) is 0 Å². The van der Waals surface area contributed by atoms with Gasteiger partial charge in [-0.05, 0) is 43.9 Å². The van der Waals surface area contributed by atoms with E-state index >= 15 is 0 Å². The molecule has 164 valence electrons. The Kier molecular flexibility index (Phi) is 6.90. The van der Waals surface area contributed by atoms with Crippen LogP contribution in [0.1, 0.15) is 52.6 Å². The maximum absolute atomic E-state index is 12.8. The summed E-state index contributed by atoms with van der Waals surface area (Å²) in [5.74, 6) is 0.754. The Balaban J connectivity index is 1.38. The van der Waals surface area contributed by atoms with Gasteiger partial charge in [-0.2, -0.15) is 0 Å². The minimum absolute atomic E-state index is 0.0920. The number of likely N-dealkylation sites (tertiary alicyclic amines) is 1. The van der Waals surface area contributed by atoms with Gasteiger partial charge in [0.25, 0.3) is 5.91 Å². The second-order valence-electron chi connectivity index (χ2n) is 8.21. The summed E-state index contributed by atoms with van der Waals surface area (Å²) in [6.45, 7) is 3.24. The SMILES string of the molecule is Cc1nc(C2CCCN(C(=O)CCc3ccccc3)C2)ncc1C(=O)Nc1ccccc1. The number of piperidine rings is 1. The molecule has 1 fully saturated rings. The number of aryl methyl sites for hydroxylation is 2. The summed E-state index contributed by atoms with van der Waals surface area (Å²) in [6, 6.07) is 19.4. The third-order valence-corrected chi connectivity index (χ3v) is 5.88. The van der Waals surface area contributed by atoms with Crippen molar-refractivity contribution < 1.29 is 9.59 Å². The van der Waals surface area contributed by atoms with Gasteiger partial charge in [-0.15, -0.1) is 0 Å². The Labute approximate surface area is 188 Å². The van der Waals surface area contributed by atoms with Crippen LogP contribution in [0, 0.1) is 6.92 Å². The van der Waals surface area contributed by atoms with Crippen molar-refractivity contribution in [2.75, 3.05) is 18.4 Å².